The Morgan fingerprint density at radius 1 is 1.45 bits per heavy atom. The zero-order valence-corrected chi connectivity index (χ0v) is 6.88. The van der Waals surface area contributed by atoms with Gasteiger partial charge < -0.3 is 9.47 Å². The van der Waals surface area contributed by atoms with Crippen molar-refractivity contribution in [3.63, 3.8) is 0 Å². The Kier molecular flexibility index (Phi) is 1.74. The Bertz CT molecular complexity index is 168. The van der Waals surface area contributed by atoms with Crippen molar-refractivity contribution in [1.29, 1.82) is 0 Å². The highest BCUT2D eigenvalue weighted by Crippen LogP contribution is 2.32. The van der Waals surface area contributed by atoms with Crippen molar-refractivity contribution in [2.24, 2.45) is 5.92 Å². The first-order chi connectivity index (χ1) is 5.31. The van der Waals surface area contributed by atoms with Gasteiger partial charge in [0.1, 0.15) is 0 Å². The third-order valence-electron chi connectivity index (χ3n) is 2.29. The normalized spacial score (nSPS) is 43.5. The number of rotatable bonds is 0. The van der Waals surface area contributed by atoms with Gasteiger partial charge in [0.25, 0.3) is 0 Å². The largest absolute Gasteiger partial charge is 0.346 e. The van der Waals surface area contributed by atoms with Crippen LogP contribution in [-0.4, -0.2) is 19.0 Å². The highest BCUT2D eigenvalue weighted by molar-refractivity contribution is 5.03. The van der Waals surface area contributed by atoms with Gasteiger partial charge in [-0.2, -0.15) is 0 Å². The van der Waals surface area contributed by atoms with Crippen LogP contribution in [0.3, 0.4) is 0 Å². The van der Waals surface area contributed by atoms with Crippen LogP contribution in [0.5, 0.6) is 0 Å². The topological polar surface area (TPSA) is 18.5 Å². The van der Waals surface area contributed by atoms with Gasteiger partial charge in [0.05, 0.1) is 13.2 Å². The molecule has 0 aliphatic carbocycles. The molecule has 0 bridgehead atoms. The van der Waals surface area contributed by atoms with Gasteiger partial charge in [0.2, 0.25) is 0 Å². The summed E-state index contributed by atoms with van der Waals surface area (Å²) in [6.45, 7) is 3.80. The third-order valence-corrected chi connectivity index (χ3v) is 2.29. The van der Waals surface area contributed by atoms with Gasteiger partial charge in [-0.25, -0.2) is 0 Å². The van der Waals surface area contributed by atoms with Gasteiger partial charge in [0.15, 0.2) is 5.79 Å². The van der Waals surface area contributed by atoms with E-state index >= 15 is 0 Å². The minimum Gasteiger partial charge on any atom is -0.346 e. The van der Waals surface area contributed by atoms with E-state index in [4.69, 9.17) is 9.47 Å². The first-order valence-corrected chi connectivity index (χ1v) is 4.28. The van der Waals surface area contributed by atoms with Crippen molar-refractivity contribution in [3.05, 3.63) is 12.2 Å². The first kappa shape index (κ1) is 7.32. The lowest BCUT2D eigenvalue weighted by atomic mass is 10.1. The highest BCUT2D eigenvalue weighted by atomic mass is 16.7. The van der Waals surface area contributed by atoms with Crippen LogP contribution in [0, 0.1) is 5.92 Å². The predicted octanol–water partition coefficient (Wildman–Crippen LogP) is 1.72. The zero-order valence-electron chi connectivity index (χ0n) is 6.88. The van der Waals surface area contributed by atoms with E-state index in [1.54, 1.807) is 0 Å². The second kappa shape index (κ2) is 2.61. The Balaban J connectivity index is 2.09. The van der Waals surface area contributed by atoms with Crippen LogP contribution in [-0.2, 0) is 9.47 Å². The molecule has 0 radical (unpaired) electrons. The molecule has 2 heterocycles. The summed E-state index contributed by atoms with van der Waals surface area (Å²) < 4.78 is 11.2. The molecule has 0 amide bonds. The average molecular weight is 154 g/mol. The fourth-order valence-corrected chi connectivity index (χ4v) is 1.57. The summed E-state index contributed by atoms with van der Waals surface area (Å²) >= 11 is 0. The van der Waals surface area contributed by atoms with E-state index in [1.165, 1.54) is 0 Å². The standard InChI is InChI=1S/C9H14O2/c1-8-3-5-9(11-7-8)4-2-6-10-9/h3,5,8H,2,4,6-7H2,1H3/t8-,9-/m0/s1. The average Bonchev–Trinajstić information content (AvgIpc) is 2.45. The molecule has 2 nitrogen and oxygen atoms in total. The molecule has 2 heteroatoms. The maximum absolute atomic E-state index is 5.63. The molecular formula is C9H14O2. The molecule has 1 saturated heterocycles. The summed E-state index contributed by atoms with van der Waals surface area (Å²) in [4.78, 5) is 0. The fourth-order valence-electron chi connectivity index (χ4n) is 1.57. The van der Waals surface area contributed by atoms with E-state index in [1.807, 2.05) is 0 Å². The number of hydrogen-bond acceptors (Lipinski definition) is 2. The molecule has 11 heavy (non-hydrogen) atoms. The van der Waals surface area contributed by atoms with Crippen LogP contribution in [0.1, 0.15) is 19.8 Å². The molecule has 62 valence electrons. The summed E-state index contributed by atoms with van der Waals surface area (Å²) in [5.41, 5.74) is 0. The van der Waals surface area contributed by atoms with Crippen molar-refractivity contribution in [2.45, 2.75) is 25.6 Å². The Labute approximate surface area is 67.2 Å². The summed E-state index contributed by atoms with van der Waals surface area (Å²) in [7, 11) is 0. The molecule has 2 aliphatic rings. The van der Waals surface area contributed by atoms with Crippen molar-refractivity contribution >= 4 is 0 Å². The van der Waals surface area contributed by atoms with Gasteiger partial charge in [0, 0.05) is 6.42 Å². The van der Waals surface area contributed by atoms with Crippen LogP contribution in [0.4, 0.5) is 0 Å². The van der Waals surface area contributed by atoms with E-state index in [0.29, 0.717) is 5.92 Å². The lowest BCUT2D eigenvalue weighted by Crippen LogP contribution is -2.33. The van der Waals surface area contributed by atoms with Crippen molar-refractivity contribution < 1.29 is 9.47 Å². The highest BCUT2D eigenvalue weighted by Gasteiger charge is 2.35. The molecule has 2 rings (SSSR count). The van der Waals surface area contributed by atoms with Gasteiger partial charge >= 0.3 is 0 Å². The van der Waals surface area contributed by atoms with Crippen LogP contribution >= 0.6 is 0 Å². The second-order valence-electron chi connectivity index (χ2n) is 3.41. The molecule has 0 aromatic heterocycles. The monoisotopic (exact) mass is 154 g/mol. The summed E-state index contributed by atoms with van der Waals surface area (Å²) in [5.74, 6) is 0.219. The number of ether oxygens (including phenoxy) is 2. The summed E-state index contributed by atoms with van der Waals surface area (Å²) in [5, 5.41) is 0. The molecule has 0 unspecified atom stereocenters. The first-order valence-electron chi connectivity index (χ1n) is 4.28. The van der Waals surface area contributed by atoms with Gasteiger partial charge in [-0.15, -0.1) is 0 Å². The van der Waals surface area contributed by atoms with Gasteiger partial charge in [-0.1, -0.05) is 13.0 Å². The van der Waals surface area contributed by atoms with Gasteiger partial charge in [-0.3, -0.25) is 0 Å². The quantitative estimate of drug-likeness (QED) is 0.494. The van der Waals surface area contributed by atoms with Crippen molar-refractivity contribution in [2.75, 3.05) is 13.2 Å². The molecule has 2 aliphatic heterocycles. The Morgan fingerprint density at radius 2 is 2.36 bits per heavy atom. The molecule has 1 spiro atoms. The van der Waals surface area contributed by atoms with Crippen LogP contribution < -0.4 is 0 Å². The summed E-state index contributed by atoms with van der Waals surface area (Å²) in [6, 6.07) is 0. The minimum absolute atomic E-state index is 0.327. The SMILES string of the molecule is C[C@H]1C=C[C@]2(CCCO2)OC1. The smallest absolute Gasteiger partial charge is 0.187 e. The van der Waals surface area contributed by atoms with E-state index in [-0.39, 0.29) is 5.79 Å². The maximum atomic E-state index is 5.63. The Hall–Kier alpha value is -0.340. The van der Waals surface area contributed by atoms with Crippen LogP contribution in [0.15, 0.2) is 12.2 Å². The van der Waals surface area contributed by atoms with E-state index in [9.17, 15) is 0 Å². The lowest BCUT2D eigenvalue weighted by molar-refractivity contribution is -0.185. The van der Waals surface area contributed by atoms with E-state index in [0.717, 1.165) is 26.1 Å². The van der Waals surface area contributed by atoms with Crippen molar-refractivity contribution in [1.82, 2.24) is 0 Å². The van der Waals surface area contributed by atoms with Crippen LogP contribution in [0.2, 0.25) is 0 Å². The van der Waals surface area contributed by atoms with E-state index < -0.39 is 0 Å². The zero-order chi connectivity index (χ0) is 7.73. The molecule has 0 saturated carbocycles. The van der Waals surface area contributed by atoms with Crippen molar-refractivity contribution in [3.8, 4) is 0 Å². The van der Waals surface area contributed by atoms with E-state index in [2.05, 4.69) is 19.1 Å². The Morgan fingerprint density at radius 3 is 2.91 bits per heavy atom. The molecular weight excluding hydrogens is 140 g/mol. The molecule has 0 aromatic carbocycles. The maximum Gasteiger partial charge on any atom is 0.187 e. The molecule has 2 atom stereocenters. The fraction of sp³-hybridized carbons (Fsp3) is 0.778. The predicted molar refractivity (Wildman–Crippen MR) is 42.2 cm³/mol. The summed E-state index contributed by atoms with van der Waals surface area (Å²) in [6.07, 6.45) is 6.41. The molecule has 1 fully saturated rings. The number of hydrogen-bond donors (Lipinski definition) is 0. The molecule has 0 N–H and O–H groups in total. The van der Waals surface area contributed by atoms with Gasteiger partial charge in [-0.05, 0) is 18.4 Å². The van der Waals surface area contributed by atoms with Crippen LogP contribution in [0.25, 0.3) is 0 Å². The molecule has 0 aromatic rings. The minimum atomic E-state index is -0.327. The lowest BCUT2D eigenvalue weighted by Gasteiger charge is -2.30. The second-order valence-corrected chi connectivity index (χ2v) is 3.41. The third kappa shape index (κ3) is 1.33.